The van der Waals surface area contributed by atoms with E-state index in [1.54, 1.807) is 0 Å². The fraction of sp³-hybridized carbons (Fsp3) is 0.688. The Bertz CT molecular complexity index is 865. The Morgan fingerprint density at radius 1 is 1.21 bits per heavy atom. The number of aliphatic hydroxyl groups is 2. The van der Waals surface area contributed by atoms with E-state index in [0.717, 1.165) is 6.42 Å². The zero-order chi connectivity index (χ0) is 20.8. The second-order valence-electron chi connectivity index (χ2n) is 7.05. The van der Waals surface area contributed by atoms with Gasteiger partial charge in [-0.15, -0.1) is 13.2 Å². The first-order valence-corrected chi connectivity index (χ1v) is 9.05. The number of aliphatic hydroxyl groups excluding tert-OH is 2. The first-order chi connectivity index (χ1) is 13.7. The third-order valence-electron chi connectivity index (χ3n) is 5.14. The molecule has 1 aliphatic heterocycles. The van der Waals surface area contributed by atoms with Gasteiger partial charge in [0.15, 0.2) is 23.2 Å². The molecule has 1 saturated carbocycles. The molecule has 4 rings (SSSR count). The maximum absolute atomic E-state index is 13.9. The molecule has 0 bridgehead atoms. The monoisotopic (exact) mass is 421 g/mol. The van der Waals surface area contributed by atoms with Gasteiger partial charge < -0.3 is 20.3 Å². The Morgan fingerprint density at radius 3 is 2.69 bits per heavy atom. The lowest BCUT2D eigenvalue weighted by Gasteiger charge is -2.17. The average Bonchev–Trinajstić information content (AvgIpc) is 3.34. The third kappa shape index (κ3) is 3.99. The predicted octanol–water partition coefficient (Wildman–Crippen LogP) is 1.28. The van der Waals surface area contributed by atoms with Crippen LogP contribution in [-0.4, -0.2) is 73.2 Å². The highest BCUT2D eigenvalue weighted by atomic mass is 19.4. The number of nitrogens with one attached hydrogen (secondary N) is 1. The summed E-state index contributed by atoms with van der Waals surface area (Å²) in [6.07, 6.45) is -7.35. The lowest BCUT2D eigenvalue weighted by Crippen LogP contribution is -2.35. The van der Waals surface area contributed by atoms with Crippen molar-refractivity contribution < 1.29 is 37.2 Å². The molecule has 0 unspecified atom stereocenters. The number of hydrogen-bond donors (Lipinski definition) is 3. The molecule has 2 aromatic rings. The second kappa shape index (κ2) is 7.63. The first-order valence-electron chi connectivity index (χ1n) is 9.05. The van der Waals surface area contributed by atoms with Crippen LogP contribution in [0.3, 0.4) is 0 Å². The summed E-state index contributed by atoms with van der Waals surface area (Å²) in [4.78, 5) is 12.3. The van der Waals surface area contributed by atoms with Crippen molar-refractivity contribution in [2.45, 2.75) is 62.4 Å². The van der Waals surface area contributed by atoms with Crippen LogP contribution in [0.1, 0.15) is 25.5 Å². The molecule has 9 nitrogen and oxygen atoms in total. The molecule has 2 aromatic heterocycles. The maximum atomic E-state index is 13.9. The number of halogens is 4. The number of nitrogens with zero attached hydrogens (tertiary/aromatic N) is 4. The van der Waals surface area contributed by atoms with Crippen LogP contribution in [0, 0.1) is 0 Å². The zero-order valence-electron chi connectivity index (χ0n) is 15.0. The third-order valence-corrected chi connectivity index (χ3v) is 5.14. The predicted molar refractivity (Wildman–Crippen MR) is 89.4 cm³/mol. The minimum atomic E-state index is -4.89. The molecule has 1 aliphatic carbocycles. The molecule has 160 valence electrons. The van der Waals surface area contributed by atoms with Crippen LogP contribution in [0.2, 0.25) is 0 Å². The van der Waals surface area contributed by atoms with Gasteiger partial charge in [-0.3, -0.25) is 9.30 Å². The molecule has 29 heavy (non-hydrogen) atoms. The number of ether oxygens (including phenoxy) is 2. The number of aromatic nitrogens is 4. The maximum Gasteiger partial charge on any atom is 0.522 e. The molecule has 13 heteroatoms. The second-order valence-corrected chi connectivity index (χ2v) is 7.05. The summed E-state index contributed by atoms with van der Waals surface area (Å²) in [5.74, 6) is 0.299. The Kier molecular flexibility index (Phi) is 5.31. The molecule has 2 aliphatic rings. The van der Waals surface area contributed by atoms with Crippen molar-refractivity contribution in [3.05, 3.63) is 12.7 Å². The molecule has 0 aromatic carbocycles. The van der Waals surface area contributed by atoms with Crippen molar-refractivity contribution >= 4 is 17.0 Å². The molecule has 3 heterocycles. The Balaban J connectivity index is 1.56. The van der Waals surface area contributed by atoms with E-state index < -0.39 is 49.7 Å². The standard InChI is InChI=1S/C16H19F4N5O4/c17-7-2-1-3-8(7)24-13-10-14(22-5-21-13)25(6-23-10)15-12(27)11(26)9(29-15)4-28-16(18,19)20/h5-9,11-12,15,26-27H,1-4H2,(H,21,22,24)/t7-,8-,9+,11+,12+,15+/m0/s1. The van der Waals surface area contributed by atoms with E-state index in [-0.39, 0.29) is 11.2 Å². The van der Waals surface area contributed by atoms with Crippen molar-refractivity contribution in [2.75, 3.05) is 11.9 Å². The van der Waals surface area contributed by atoms with Crippen LogP contribution >= 0.6 is 0 Å². The Hall–Kier alpha value is -2.09. The number of imidazole rings is 1. The zero-order valence-corrected chi connectivity index (χ0v) is 15.0. The molecule has 0 spiro atoms. The van der Waals surface area contributed by atoms with E-state index in [1.165, 1.54) is 17.2 Å². The van der Waals surface area contributed by atoms with Crippen LogP contribution in [0.25, 0.3) is 11.2 Å². The minimum absolute atomic E-state index is 0.213. The molecule has 0 amide bonds. The van der Waals surface area contributed by atoms with Gasteiger partial charge >= 0.3 is 6.36 Å². The number of hydrogen-bond acceptors (Lipinski definition) is 8. The van der Waals surface area contributed by atoms with Gasteiger partial charge in [-0.25, -0.2) is 19.3 Å². The van der Waals surface area contributed by atoms with E-state index in [2.05, 4.69) is 25.0 Å². The summed E-state index contributed by atoms with van der Waals surface area (Å²) in [6.45, 7) is -0.980. The Morgan fingerprint density at radius 2 is 2.00 bits per heavy atom. The molecule has 1 saturated heterocycles. The highest BCUT2D eigenvalue weighted by molar-refractivity contribution is 5.82. The normalized spacial score (nSPS) is 32.9. The van der Waals surface area contributed by atoms with Gasteiger partial charge in [0.2, 0.25) is 0 Å². The topological polar surface area (TPSA) is 115 Å². The summed E-state index contributed by atoms with van der Waals surface area (Å²) in [5, 5.41) is 23.3. The van der Waals surface area contributed by atoms with Crippen molar-refractivity contribution in [1.82, 2.24) is 19.5 Å². The van der Waals surface area contributed by atoms with Gasteiger partial charge in [-0.05, 0) is 19.3 Å². The van der Waals surface area contributed by atoms with E-state index in [9.17, 15) is 27.8 Å². The molecular formula is C16H19F4N5O4. The molecular weight excluding hydrogens is 402 g/mol. The summed E-state index contributed by atoms with van der Waals surface area (Å²) in [7, 11) is 0. The Labute approximate surface area is 161 Å². The summed E-state index contributed by atoms with van der Waals surface area (Å²) < 4.78 is 61.1. The first kappa shape index (κ1) is 20.2. The molecule has 6 atom stereocenters. The number of rotatable bonds is 5. The highest BCUT2D eigenvalue weighted by Gasteiger charge is 2.46. The van der Waals surface area contributed by atoms with Gasteiger partial charge in [-0.1, -0.05) is 0 Å². The molecule has 2 fully saturated rings. The largest absolute Gasteiger partial charge is 0.522 e. The van der Waals surface area contributed by atoms with Crippen LogP contribution in [-0.2, 0) is 9.47 Å². The molecule has 3 N–H and O–H groups in total. The van der Waals surface area contributed by atoms with E-state index in [1.807, 2.05) is 0 Å². The fourth-order valence-electron chi connectivity index (χ4n) is 3.67. The van der Waals surface area contributed by atoms with Gasteiger partial charge in [0.1, 0.15) is 30.8 Å². The summed E-state index contributed by atoms with van der Waals surface area (Å²) in [6, 6.07) is -0.405. The van der Waals surface area contributed by atoms with Crippen LogP contribution in [0.5, 0.6) is 0 Å². The van der Waals surface area contributed by atoms with Crippen molar-refractivity contribution in [2.24, 2.45) is 0 Å². The van der Waals surface area contributed by atoms with Crippen LogP contribution < -0.4 is 5.32 Å². The SMILES string of the molecule is O[C@@H]1[C@H](O)[C@@H](COC(F)(F)F)O[C@H]1n1cnc2c(N[C@H]3CCC[C@@H]3F)ncnc21. The lowest BCUT2D eigenvalue weighted by atomic mass is 10.1. The van der Waals surface area contributed by atoms with E-state index >= 15 is 0 Å². The number of fused-ring (bicyclic) bond motifs is 1. The molecule has 0 radical (unpaired) electrons. The fourth-order valence-corrected chi connectivity index (χ4v) is 3.67. The van der Waals surface area contributed by atoms with Crippen molar-refractivity contribution in [3.8, 4) is 0 Å². The lowest BCUT2D eigenvalue weighted by molar-refractivity contribution is -0.333. The van der Waals surface area contributed by atoms with Gasteiger partial charge in [0.05, 0.1) is 19.0 Å². The highest BCUT2D eigenvalue weighted by Crippen LogP contribution is 2.34. The van der Waals surface area contributed by atoms with Crippen LogP contribution in [0.4, 0.5) is 23.4 Å². The van der Waals surface area contributed by atoms with Crippen molar-refractivity contribution in [3.63, 3.8) is 0 Å². The van der Waals surface area contributed by atoms with E-state index in [0.29, 0.717) is 18.7 Å². The quantitative estimate of drug-likeness (QED) is 0.619. The van der Waals surface area contributed by atoms with E-state index in [4.69, 9.17) is 4.74 Å². The minimum Gasteiger partial charge on any atom is -0.387 e. The van der Waals surface area contributed by atoms with Gasteiger partial charge in [0, 0.05) is 0 Å². The number of alkyl halides is 4. The average molecular weight is 421 g/mol. The van der Waals surface area contributed by atoms with Crippen LogP contribution in [0.15, 0.2) is 12.7 Å². The van der Waals surface area contributed by atoms with Crippen molar-refractivity contribution in [1.29, 1.82) is 0 Å². The van der Waals surface area contributed by atoms with Gasteiger partial charge in [-0.2, -0.15) is 0 Å². The summed E-state index contributed by atoms with van der Waals surface area (Å²) >= 11 is 0. The number of anilines is 1. The van der Waals surface area contributed by atoms with Gasteiger partial charge in [0.25, 0.3) is 0 Å². The smallest absolute Gasteiger partial charge is 0.387 e. The summed E-state index contributed by atoms with van der Waals surface area (Å²) in [5.41, 5.74) is 0.497.